The molecule has 2 unspecified atom stereocenters. The van der Waals surface area contributed by atoms with Crippen molar-refractivity contribution in [3.05, 3.63) is 119 Å². The van der Waals surface area contributed by atoms with Crippen LogP contribution in [0, 0.1) is 0 Å². The topological polar surface area (TPSA) is 0 Å². The Morgan fingerprint density at radius 3 is 1.25 bits per heavy atom. The third-order valence-electron chi connectivity index (χ3n) is 13.2. The summed E-state index contributed by atoms with van der Waals surface area (Å²) in [5.74, 6) is 0. The van der Waals surface area contributed by atoms with E-state index in [0.717, 1.165) is 0 Å². The Labute approximate surface area is 321 Å². The van der Waals surface area contributed by atoms with Crippen LogP contribution in [0.2, 0.25) is 60.7 Å². The van der Waals surface area contributed by atoms with E-state index in [1.165, 1.54) is 84.0 Å². The van der Waals surface area contributed by atoms with Gasteiger partial charge in [0.1, 0.15) is 0 Å². The van der Waals surface area contributed by atoms with Crippen LogP contribution in [0.15, 0.2) is 97.1 Å². The zero-order chi connectivity index (χ0) is 37.3. The fraction of sp³-hybridized carbons (Fsp3) is 0.417. The molecule has 4 aromatic rings. The molecule has 0 spiro atoms. The summed E-state index contributed by atoms with van der Waals surface area (Å²) in [7, 11) is -2.70. The van der Waals surface area contributed by atoms with Crippen LogP contribution in [0.25, 0.3) is 34.4 Å². The zero-order valence-electron chi connectivity index (χ0n) is 34.2. The molecule has 2 aliphatic rings. The first kappa shape index (κ1) is 39.6. The molecule has 0 aromatic heterocycles. The first-order chi connectivity index (χ1) is 24.7. The number of fused-ring (bicyclic) bond motifs is 2. The molecule has 0 fully saturated rings. The van der Waals surface area contributed by atoms with Crippen LogP contribution >= 0.6 is 0 Å². The van der Waals surface area contributed by atoms with E-state index in [1.54, 1.807) is 21.5 Å². The maximum absolute atomic E-state index is 3.98. The second-order valence-electron chi connectivity index (χ2n) is 19.1. The molecule has 2 atom stereocenters. The van der Waals surface area contributed by atoms with Gasteiger partial charge in [0.15, 0.2) is 0 Å². The van der Waals surface area contributed by atoms with E-state index in [1.807, 2.05) is 0 Å². The quantitative estimate of drug-likeness (QED) is 0.0874. The van der Waals surface area contributed by atoms with Crippen molar-refractivity contribution in [2.24, 2.45) is 0 Å². The summed E-state index contributed by atoms with van der Waals surface area (Å²) in [5, 5.41) is 3.08. The Hall–Kier alpha value is -2.12. The minimum absolute atomic E-state index is 0.575. The number of hydrogen-bond donors (Lipinski definition) is 0. The Kier molecular flexibility index (Phi) is 11.8. The normalized spacial score (nSPS) is 17.1. The second kappa shape index (κ2) is 15.6. The molecular formula is C48H66HfSi3. The fourth-order valence-electron chi connectivity index (χ4n) is 9.75. The molecular weight excluding hydrogens is 839 g/mol. The van der Waals surface area contributed by atoms with E-state index in [4.69, 9.17) is 0 Å². The summed E-state index contributed by atoms with van der Waals surface area (Å²) >= 11 is -3.98. The molecule has 6 rings (SSSR count). The van der Waals surface area contributed by atoms with Crippen molar-refractivity contribution in [1.82, 2.24) is 0 Å². The Balaban J connectivity index is 1.53. The Morgan fingerprint density at radius 2 is 0.904 bits per heavy atom. The van der Waals surface area contributed by atoms with E-state index in [-0.39, 0.29) is 0 Å². The molecule has 52 heavy (non-hydrogen) atoms. The van der Waals surface area contributed by atoms with Gasteiger partial charge in [-0.25, -0.2) is 0 Å². The molecule has 4 aromatic carbocycles. The molecule has 0 aliphatic heterocycles. The summed E-state index contributed by atoms with van der Waals surface area (Å²) in [6.07, 6.45) is 18.8. The molecule has 0 N–H and O–H groups in total. The van der Waals surface area contributed by atoms with E-state index >= 15 is 0 Å². The predicted octanol–water partition coefficient (Wildman–Crippen LogP) is 14.1. The van der Waals surface area contributed by atoms with Crippen molar-refractivity contribution in [2.75, 3.05) is 0 Å². The van der Waals surface area contributed by atoms with Crippen molar-refractivity contribution < 1.29 is 17.1 Å². The number of unbranched alkanes of at least 4 members (excludes halogenated alkanes) is 4. The average molecular weight is 906 g/mol. The Bertz CT molecular complexity index is 1880. The summed E-state index contributed by atoms with van der Waals surface area (Å²) in [6.45, 7) is 19.5. The summed E-state index contributed by atoms with van der Waals surface area (Å²) in [5.41, 5.74) is 11.2. The fourth-order valence-corrected chi connectivity index (χ4v) is 65.6. The summed E-state index contributed by atoms with van der Waals surface area (Å²) < 4.78 is 7.10. The first-order valence-electron chi connectivity index (χ1n) is 20.6. The van der Waals surface area contributed by atoms with Gasteiger partial charge in [-0.1, -0.05) is 0 Å². The third kappa shape index (κ3) is 7.57. The van der Waals surface area contributed by atoms with E-state index in [0.29, 0.717) is 7.35 Å². The third-order valence-corrected chi connectivity index (χ3v) is 73.3. The average Bonchev–Trinajstić information content (AvgIpc) is 3.77. The standard InChI is InChI=1S/2C18H19Si.C10H22Si.2CH3.Hf/c2*1-19(2,3)16-12-10-15(11-13-16)18-9-5-7-14-6-4-8-17(14)18;1-3-5-7-9-11-10-8-6-4-2;;;/h2*4-13H,1-3H3;3-10H2,1-2H3;2*1H3;. The van der Waals surface area contributed by atoms with Gasteiger partial charge in [0.2, 0.25) is 0 Å². The zero-order valence-corrected chi connectivity index (χ0v) is 40.8. The monoisotopic (exact) mass is 906 g/mol. The van der Waals surface area contributed by atoms with Crippen molar-refractivity contribution in [2.45, 2.75) is 120 Å². The van der Waals surface area contributed by atoms with Crippen molar-refractivity contribution in [3.8, 4) is 22.3 Å². The molecule has 0 radical (unpaired) electrons. The molecule has 4 heteroatoms. The Morgan fingerprint density at radius 1 is 0.519 bits per heavy atom. The van der Waals surface area contributed by atoms with Crippen molar-refractivity contribution >= 4 is 44.2 Å². The van der Waals surface area contributed by atoms with Crippen molar-refractivity contribution in [1.29, 1.82) is 0 Å². The van der Waals surface area contributed by atoms with Gasteiger partial charge >= 0.3 is 323 Å². The van der Waals surface area contributed by atoms with Crippen molar-refractivity contribution in [3.63, 3.8) is 0 Å². The molecule has 0 nitrogen and oxygen atoms in total. The number of hydrogen-bond acceptors (Lipinski definition) is 0. The first-order valence-corrected chi connectivity index (χ1v) is 46.2. The van der Waals surface area contributed by atoms with Gasteiger partial charge in [0.25, 0.3) is 0 Å². The van der Waals surface area contributed by atoms with Crippen LogP contribution in [-0.4, -0.2) is 21.6 Å². The summed E-state index contributed by atoms with van der Waals surface area (Å²) in [4.78, 5) is 0. The number of benzene rings is 4. The van der Waals surface area contributed by atoms with Gasteiger partial charge in [-0.05, 0) is 0 Å². The molecule has 0 bridgehead atoms. The van der Waals surface area contributed by atoms with E-state index in [9.17, 15) is 0 Å². The molecule has 274 valence electrons. The van der Waals surface area contributed by atoms with Crippen LogP contribution in [0.4, 0.5) is 0 Å². The van der Waals surface area contributed by atoms with Crippen LogP contribution in [0.5, 0.6) is 0 Å². The van der Waals surface area contributed by atoms with Gasteiger partial charge in [0, 0.05) is 0 Å². The van der Waals surface area contributed by atoms with E-state index < -0.39 is 38.8 Å². The van der Waals surface area contributed by atoms with Gasteiger partial charge in [0.05, 0.1) is 0 Å². The van der Waals surface area contributed by atoms with Crippen LogP contribution in [0.1, 0.15) is 82.0 Å². The summed E-state index contributed by atoms with van der Waals surface area (Å²) in [6, 6.07) is 36.9. The predicted molar refractivity (Wildman–Crippen MR) is 239 cm³/mol. The molecule has 0 saturated heterocycles. The van der Waals surface area contributed by atoms with Gasteiger partial charge < -0.3 is 0 Å². The molecule has 0 saturated carbocycles. The minimum atomic E-state index is -3.98. The van der Waals surface area contributed by atoms with Crippen LogP contribution in [-0.2, 0) is 17.1 Å². The van der Waals surface area contributed by atoms with Gasteiger partial charge in [-0.15, -0.1) is 0 Å². The molecule has 0 amide bonds. The van der Waals surface area contributed by atoms with Gasteiger partial charge in [-0.3, -0.25) is 0 Å². The maximum atomic E-state index is 2.97. The van der Waals surface area contributed by atoms with Crippen LogP contribution in [0.3, 0.4) is 0 Å². The van der Waals surface area contributed by atoms with E-state index in [2.05, 4.69) is 172 Å². The van der Waals surface area contributed by atoms with Crippen LogP contribution < -0.4 is 10.4 Å². The molecule has 2 aliphatic carbocycles. The second-order valence-corrected chi connectivity index (χ2v) is 75.2. The van der Waals surface area contributed by atoms with Gasteiger partial charge in [-0.2, -0.15) is 0 Å². The number of rotatable bonds is 14. The molecule has 0 heterocycles. The SMILES string of the molecule is CCCCC[Si](CCCCC)=[Hf]([CH3])([CH3])([CH]1C=Cc2c(-c3ccc([Si](C)(C)C)cc3)cccc21)[CH]1C=Cc2c(-c3ccc([Si](C)(C)C)cc3)cccc21. The number of allylic oxidation sites excluding steroid dienone is 2.